The molecule has 2 heterocycles. The number of quaternary nitrogens is 1. The molecule has 2 aliphatic heterocycles. The molecule has 0 spiro atoms. The van der Waals surface area contributed by atoms with E-state index in [0.29, 0.717) is 0 Å². The van der Waals surface area contributed by atoms with Crippen molar-refractivity contribution in [2.24, 2.45) is 5.41 Å². The maximum absolute atomic E-state index is 10.6. The van der Waals surface area contributed by atoms with Crippen molar-refractivity contribution in [3.8, 4) is 6.07 Å². The fourth-order valence-electron chi connectivity index (χ4n) is 5.51. The maximum atomic E-state index is 10.6. The fraction of sp³-hybridized carbons (Fsp3) is 0.409. The smallest absolute Gasteiger partial charge is 0.118 e. The van der Waals surface area contributed by atoms with Gasteiger partial charge in [0.15, 0.2) is 0 Å². The Labute approximate surface area is 149 Å². The van der Waals surface area contributed by atoms with Gasteiger partial charge in [-0.05, 0) is 11.1 Å². The van der Waals surface area contributed by atoms with Gasteiger partial charge in [0.25, 0.3) is 0 Å². The Morgan fingerprint density at radius 2 is 1.48 bits per heavy atom. The van der Waals surface area contributed by atoms with Gasteiger partial charge in [-0.25, -0.2) is 0 Å². The Morgan fingerprint density at radius 3 is 1.92 bits per heavy atom. The second-order valence-corrected chi connectivity index (χ2v) is 7.77. The van der Waals surface area contributed by atoms with Gasteiger partial charge < -0.3 is 9.59 Å². The minimum absolute atomic E-state index is 0.0559. The first-order valence-electron chi connectivity index (χ1n) is 9.19. The summed E-state index contributed by atoms with van der Waals surface area (Å²) >= 11 is 0. The Hall–Kier alpha value is -2.15. The predicted octanol–water partition coefficient (Wildman–Crippen LogP) is 3.10. The van der Waals surface area contributed by atoms with Crippen molar-refractivity contribution in [2.45, 2.75) is 18.3 Å². The highest BCUT2D eigenvalue weighted by Crippen LogP contribution is 2.59. The number of hydrogen-bond acceptors (Lipinski definition) is 2. The molecule has 3 heteroatoms. The second kappa shape index (κ2) is 5.98. The van der Waals surface area contributed by atoms with E-state index < -0.39 is 5.41 Å². The number of aliphatic hydroxyl groups excluding tert-OH is 1. The van der Waals surface area contributed by atoms with E-state index in [-0.39, 0.29) is 12.0 Å². The van der Waals surface area contributed by atoms with E-state index >= 15 is 0 Å². The number of piperidine rings is 1. The summed E-state index contributed by atoms with van der Waals surface area (Å²) in [5.74, 6) is 0. The summed E-state index contributed by atoms with van der Waals surface area (Å²) in [4.78, 5) is 0. The van der Waals surface area contributed by atoms with Crippen LogP contribution in [0.15, 0.2) is 60.7 Å². The molecular weight excluding hydrogens is 308 g/mol. The monoisotopic (exact) mass is 333 g/mol. The highest BCUT2D eigenvalue weighted by molar-refractivity contribution is 5.49. The predicted molar refractivity (Wildman–Crippen MR) is 97.8 cm³/mol. The van der Waals surface area contributed by atoms with Crippen LogP contribution in [0.4, 0.5) is 0 Å². The molecule has 2 aromatic carbocycles. The highest BCUT2D eigenvalue weighted by atomic mass is 16.3. The SMILES string of the molecule is N#CC(c1ccccc1)(c1ccccc1)C12CC[N+](CCO)(CC1)C2. The van der Waals surface area contributed by atoms with E-state index in [1.54, 1.807) is 0 Å². The van der Waals surface area contributed by atoms with Crippen molar-refractivity contribution in [1.29, 1.82) is 5.26 Å². The van der Waals surface area contributed by atoms with Crippen molar-refractivity contribution in [3.05, 3.63) is 71.8 Å². The minimum Gasteiger partial charge on any atom is -0.391 e. The summed E-state index contributed by atoms with van der Waals surface area (Å²) in [5.41, 5.74) is 1.53. The molecule has 0 amide bonds. The van der Waals surface area contributed by atoms with Gasteiger partial charge >= 0.3 is 0 Å². The molecule has 1 N–H and O–H groups in total. The third kappa shape index (κ3) is 2.25. The van der Waals surface area contributed by atoms with Crippen LogP contribution in [0.2, 0.25) is 0 Å². The highest BCUT2D eigenvalue weighted by Gasteiger charge is 2.66. The number of nitriles is 1. The molecule has 0 saturated carbocycles. The number of fused-ring (bicyclic) bond motifs is 2. The first-order chi connectivity index (χ1) is 12.2. The van der Waals surface area contributed by atoms with Crippen molar-refractivity contribution in [3.63, 3.8) is 0 Å². The van der Waals surface area contributed by atoms with Gasteiger partial charge in [-0.3, -0.25) is 0 Å². The number of benzene rings is 2. The second-order valence-electron chi connectivity index (χ2n) is 7.77. The molecule has 2 fully saturated rings. The Bertz CT molecular complexity index is 731. The van der Waals surface area contributed by atoms with Crippen molar-refractivity contribution < 1.29 is 9.59 Å². The van der Waals surface area contributed by atoms with Crippen LogP contribution in [-0.2, 0) is 5.41 Å². The number of nitrogens with zero attached hydrogens (tertiary/aromatic N) is 2. The molecule has 0 unspecified atom stereocenters. The zero-order valence-corrected chi connectivity index (χ0v) is 14.6. The molecule has 2 aliphatic rings. The van der Waals surface area contributed by atoms with Crippen LogP contribution in [0, 0.1) is 16.7 Å². The number of rotatable bonds is 5. The number of aliphatic hydroxyl groups is 1. The molecule has 128 valence electrons. The molecule has 0 aliphatic carbocycles. The lowest BCUT2D eigenvalue weighted by atomic mass is 9.56. The third-order valence-corrected chi connectivity index (χ3v) is 6.72. The fourth-order valence-corrected chi connectivity index (χ4v) is 5.51. The van der Waals surface area contributed by atoms with Crippen LogP contribution >= 0.6 is 0 Å². The lowest BCUT2D eigenvalue weighted by molar-refractivity contribution is -0.909. The minimum atomic E-state index is -0.624. The van der Waals surface area contributed by atoms with E-state index in [0.717, 1.165) is 54.6 Å². The Morgan fingerprint density at radius 1 is 0.960 bits per heavy atom. The summed E-state index contributed by atoms with van der Waals surface area (Å²) in [7, 11) is 0. The van der Waals surface area contributed by atoms with Gasteiger partial charge in [-0.15, -0.1) is 0 Å². The van der Waals surface area contributed by atoms with E-state index in [1.165, 1.54) is 0 Å². The van der Waals surface area contributed by atoms with Gasteiger partial charge in [0.2, 0.25) is 0 Å². The zero-order valence-electron chi connectivity index (χ0n) is 14.6. The Balaban J connectivity index is 1.90. The average Bonchev–Trinajstić information content (AvgIpc) is 3.22. The van der Waals surface area contributed by atoms with Crippen LogP contribution in [-0.4, -0.2) is 42.4 Å². The molecular formula is C22H25N2O+. The summed E-state index contributed by atoms with van der Waals surface area (Å²) < 4.78 is 0.972. The topological polar surface area (TPSA) is 44.0 Å². The molecule has 0 radical (unpaired) electrons. The molecule has 4 rings (SSSR count). The first-order valence-corrected chi connectivity index (χ1v) is 9.19. The molecule has 2 aromatic rings. The summed E-state index contributed by atoms with van der Waals surface area (Å²) in [6.07, 6.45) is 2.09. The van der Waals surface area contributed by atoms with E-state index in [4.69, 9.17) is 0 Å². The summed E-state index contributed by atoms with van der Waals surface area (Å²) in [6.45, 7) is 4.18. The van der Waals surface area contributed by atoms with Crippen molar-refractivity contribution in [1.82, 2.24) is 0 Å². The summed E-state index contributed by atoms with van der Waals surface area (Å²) in [6, 6.07) is 23.5. The molecule has 0 atom stereocenters. The van der Waals surface area contributed by atoms with Crippen LogP contribution < -0.4 is 0 Å². The molecule has 3 nitrogen and oxygen atoms in total. The van der Waals surface area contributed by atoms with Gasteiger partial charge in [-0.2, -0.15) is 5.26 Å². The number of hydrogen-bond donors (Lipinski definition) is 1. The lowest BCUT2D eigenvalue weighted by Crippen LogP contribution is -2.46. The average molecular weight is 333 g/mol. The molecule has 2 bridgehead atoms. The summed E-state index contributed by atoms with van der Waals surface area (Å²) in [5, 5.41) is 20.1. The van der Waals surface area contributed by atoms with Gasteiger partial charge in [0.05, 0.1) is 37.7 Å². The van der Waals surface area contributed by atoms with Crippen LogP contribution in [0.5, 0.6) is 0 Å². The van der Waals surface area contributed by atoms with Gasteiger partial charge in [0, 0.05) is 12.8 Å². The standard InChI is InChI=1S/C22H25N2O/c23-17-22(19-7-3-1-4-8-19,20-9-5-2-6-10-20)21-11-13-24(18-21,14-12-21)15-16-25/h1-10,25H,11-16,18H2/q+1. The van der Waals surface area contributed by atoms with Crippen LogP contribution in [0.1, 0.15) is 24.0 Å². The quantitative estimate of drug-likeness (QED) is 0.855. The molecule has 0 aromatic heterocycles. The third-order valence-electron chi connectivity index (χ3n) is 6.72. The van der Waals surface area contributed by atoms with E-state index in [2.05, 4.69) is 30.3 Å². The molecule has 2 saturated heterocycles. The first kappa shape index (κ1) is 16.3. The largest absolute Gasteiger partial charge is 0.391 e. The lowest BCUT2D eigenvalue weighted by Gasteiger charge is -2.41. The normalized spacial score (nSPS) is 28.0. The van der Waals surface area contributed by atoms with E-state index in [9.17, 15) is 10.4 Å². The van der Waals surface area contributed by atoms with Gasteiger partial charge in [0.1, 0.15) is 12.0 Å². The Kier molecular flexibility index (Phi) is 3.91. The zero-order chi connectivity index (χ0) is 17.4. The van der Waals surface area contributed by atoms with Crippen LogP contribution in [0.25, 0.3) is 0 Å². The van der Waals surface area contributed by atoms with Gasteiger partial charge in [-0.1, -0.05) is 60.7 Å². The van der Waals surface area contributed by atoms with Crippen molar-refractivity contribution in [2.75, 3.05) is 32.8 Å². The maximum Gasteiger partial charge on any atom is 0.118 e. The van der Waals surface area contributed by atoms with E-state index in [1.807, 2.05) is 36.4 Å². The van der Waals surface area contributed by atoms with Crippen LogP contribution in [0.3, 0.4) is 0 Å². The van der Waals surface area contributed by atoms with Crippen molar-refractivity contribution >= 4 is 0 Å². The molecule has 25 heavy (non-hydrogen) atoms.